The number of hydroxylamine groups is 2. The van der Waals surface area contributed by atoms with Crippen molar-refractivity contribution in [3.63, 3.8) is 0 Å². The van der Waals surface area contributed by atoms with Crippen molar-refractivity contribution < 1.29 is 14.7 Å². The largest absolute Gasteiger partial charge is 0.483 e. The number of nitrogens with zero attached hydrogens (tertiary/aromatic N) is 1. The number of hydrogen-bond donors (Lipinski definition) is 2. The van der Waals surface area contributed by atoms with Crippen LogP contribution in [0.1, 0.15) is 106 Å². The van der Waals surface area contributed by atoms with Crippen molar-refractivity contribution in [1.82, 2.24) is 10.4 Å². The molecule has 1 aliphatic rings. The molecule has 0 spiro atoms. The maximum Gasteiger partial charge on any atom is 0.258 e. The summed E-state index contributed by atoms with van der Waals surface area (Å²) in [6.45, 7) is 21.4. The molecule has 5 nitrogen and oxygen atoms in total. The minimum atomic E-state index is -0.402. The lowest BCUT2D eigenvalue weighted by atomic mass is 9.76. The van der Waals surface area contributed by atoms with Gasteiger partial charge in [-0.25, -0.2) is 0 Å². The van der Waals surface area contributed by atoms with Gasteiger partial charge in [0.2, 0.25) is 0 Å². The van der Waals surface area contributed by atoms with E-state index in [1.165, 1.54) is 10.6 Å². The van der Waals surface area contributed by atoms with E-state index in [1.54, 1.807) is 0 Å². The van der Waals surface area contributed by atoms with Gasteiger partial charge in [0, 0.05) is 22.7 Å². The van der Waals surface area contributed by atoms with Gasteiger partial charge in [0.25, 0.3) is 5.91 Å². The molecule has 1 saturated heterocycles. The van der Waals surface area contributed by atoms with E-state index in [1.807, 2.05) is 33.8 Å². The Morgan fingerprint density at radius 2 is 1.59 bits per heavy atom. The Kier molecular flexibility index (Phi) is 7.78. The number of carbonyl (C=O) groups excluding carboxylic acids is 1. The van der Waals surface area contributed by atoms with Crippen molar-refractivity contribution >= 4 is 5.91 Å². The Labute approximate surface area is 195 Å². The Hall–Kier alpha value is -1.59. The fourth-order valence-electron chi connectivity index (χ4n) is 4.79. The van der Waals surface area contributed by atoms with Gasteiger partial charge in [0.1, 0.15) is 5.75 Å². The predicted octanol–water partition coefficient (Wildman–Crippen LogP) is 5.97. The molecule has 2 rings (SSSR count). The van der Waals surface area contributed by atoms with Crippen LogP contribution in [0, 0.1) is 0 Å². The number of carbonyl (C=O) groups is 1. The molecule has 1 heterocycles. The number of benzene rings is 1. The average molecular weight is 447 g/mol. The van der Waals surface area contributed by atoms with E-state index in [0.29, 0.717) is 12.8 Å². The third-order valence-electron chi connectivity index (χ3n) is 7.62. The highest BCUT2D eigenvalue weighted by Gasteiger charge is 2.45. The molecular weight excluding hydrogens is 400 g/mol. The van der Waals surface area contributed by atoms with E-state index in [4.69, 9.17) is 4.74 Å². The smallest absolute Gasteiger partial charge is 0.258 e. The minimum absolute atomic E-state index is 0.00113. The zero-order valence-electron chi connectivity index (χ0n) is 22.1. The van der Waals surface area contributed by atoms with E-state index in [9.17, 15) is 10.0 Å². The van der Waals surface area contributed by atoms with E-state index in [2.05, 4.69) is 59.0 Å². The summed E-state index contributed by atoms with van der Waals surface area (Å²) in [5, 5.41) is 15.1. The first kappa shape index (κ1) is 26.7. The van der Waals surface area contributed by atoms with Crippen molar-refractivity contribution in [3.05, 3.63) is 29.3 Å². The van der Waals surface area contributed by atoms with Crippen LogP contribution in [-0.2, 0) is 15.6 Å². The van der Waals surface area contributed by atoms with Crippen molar-refractivity contribution in [1.29, 1.82) is 0 Å². The molecule has 1 aromatic rings. The summed E-state index contributed by atoms with van der Waals surface area (Å²) in [6, 6.07) is 6.43. The van der Waals surface area contributed by atoms with Crippen LogP contribution in [0.25, 0.3) is 0 Å². The summed E-state index contributed by atoms with van der Waals surface area (Å²) in [5.41, 5.74) is 1.70. The molecule has 0 aliphatic carbocycles. The number of nitrogens with one attached hydrogen (secondary N) is 1. The van der Waals surface area contributed by atoms with Crippen molar-refractivity contribution in [2.45, 2.75) is 123 Å². The van der Waals surface area contributed by atoms with Crippen LogP contribution in [0.4, 0.5) is 0 Å². The van der Waals surface area contributed by atoms with Gasteiger partial charge in [-0.15, -0.1) is 0 Å². The highest BCUT2D eigenvalue weighted by atomic mass is 16.5. The third-order valence-corrected chi connectivity index (χ3v) is 7.62. The summed E-state index contributed by atoms with van der Waals surface area (Å²) in [4.78, 5) is 12.8. The van der Waals surface area contributed by atoms with Crippen LogP contribution >= 0.6 is 0 Å². The molecule has 182 valence electrons. The SMILES string of the molecule is CCC(C)(C)c1ccc(OCC(=O)NC2CC(C)(C)N(O)C(C)(C)C2)c(C(C)(C)CC)c1. The molecule has 0 saturated carbocycles. The lowest BCUT2D eigenvalue weighted by molar-refractivity contribution is -0.246. The van der Waals surface area contributed by atoms with Crippen LogP contribution in [0.5, 0.6) is 5.75 Å². The molecule has 0 atom stereocenters. The fourth-order valence-corrected chi connectivity index (χ4v) is 4.79. The maximum absolute atomic E-state index is 12.8. The molecule has 1 amide bonds. The van der Waals surface area contributed by atoms with E-state index >= 15 is 0 Å². The number of ether oxygens (including phenoxy) is 1. The third kappa shape index (κ3) is 5.85. The van der Waals surface area contributed by atoms with E-state index in [-0.39, 0.29) is 29.4 Å². The van der Waals surface area contributed by atoms with Crippen molar-refractivity contribution in [3.8, 4) is 5.75 Å². The zero-order chi connectivity index (χ0) is 24.5. The summed E-state index contributed by atoms with van der Waals surface area (Å²) < 4.78 is 6.08. The van der Waals surface area contributed by atoms with Crippen LogP contribution in [0.15, 0.2) is 18.2 Å². The topological polar surface area (TPSA) is 61.8 Å². The second-order valence-electron chi connectivity index (χ2n) is 12.1. The number of hydrogen-bond acceptors (Lipinski definition) is 4. The normalized spacial score (nSPS) is 19.6. The van der Waals surface area contributed by atoms with Gasteiger partial charge in [0.15, 0.2) is 6.61 Å². The minimum Gasteiger partial charge on any atom is -0.483 e. The molecule has 0 radical (unpaired) electrons. The molecule has 1 aromatic carbocycles. The van der Waals surface area contributed by atoms with Crippen LogP contribution in [-0.4, -0.2) is 39.9 Å². The molecule has 1 aliphatic heterocycles. The van der Waals surface area contributed by atoms with Gasteiger partial charge in [-0.3, -0.25) is 4.79 Å². The van der Waals surface area contributed by atoms with Crippen LogP contribution in [0.2, 0.25) is 0 Å². The van der Waals surface area contributed by atoms with Crippen LogP contribution < -0.4 is 10.1 Å². The first-order valence-electron chi connectivity index (χ1n) is 12.1. The molecule has 0 unspecified atom stereocenters. The summed E-state index contributed by atoms with van der Waals surface area (Å²) in [7, 11) is 0. The predicted molar refractivity (Wildman–Crippen MR) is 132 cm³/mol. The van der Waals surface area contributed by atoms with Crippen molar-refractivity contribution in [2.24, 2.45) is 0 Å². The molecule has 1 fully saturated rings. The number of piperidine rings is 1. The Balaban J connectivity index is 2.15. The molecule has 2 N–H and O–H groups in total. The summed E-state index contributed by atoms with van der Waals surface area (Å²) >= 11 is 0. The van der Waals surface area contributed by atoms with Gasteiger partial charge >= 0.3 is 0 Å². The Morgan fingerprint density at radius 3 is 2.09 bits per heavy atom. The van der Waals surface area contributed by atoms with Gasteiger partial charge in [-0.1, -0.05) is 53.7 Å². The monoisotopic (exact) mass is 446 g/mol. The molecule has 32 heavy (non-hydrogen) atoms. The second kappa shape index (κ2) is 9.34. The first-order chi connectivity index (χ1) is 14.6. The van der Waals surface area contributed by atoms with E-state index in [0.717, 1.165) is 24.2 Å². The van der Waals surface area contributed by atoms with E-state index < -0.39 is 11.1 Å². The zero-order valence-corrected chi connectivity index (χ0v) is 22.1. The lowest BCUT2D eigenvalue weighted by Gasteiger charge is -2.51. The van der Waals surface area contributed by atoms with Crippen LogP contribution in [0.3, 0.4) is 0 Å². The number of amides is 1. The van der Waals surface area contributed by atoms with Crippen molar-refractivity contribution in [2.75, 3.05) is 6.61 Å². The number of rotatable bonds is 8. The molecular formula is C27H46N2O3. The standard InChI is InChI=1S/C27H46N2O3/c1-11-24(3,4)19-13-14-22(21(15-19)25(5,6)12-2)32-18-23(30)28-20-16-26(7,8)29(31)27(9,10)17-20/h13-15,20,31H,11-12,16-18H2,1-10H3,(H,28,30). The van der Waals surface area contributed by atoms with Gasteiger partial charge < -0.3 is 15.3 Å². The Morgan fingerprint density at radius 1 is 1.06 bits per heavy atom. The first-order valence-corrected chi connectivity index (χ1v) is 12.1. The van der Waals surface area contributed by atoms with Gasteiger partial charge in [-0.05, 0) is 75.8 Å². The maximum atomic E-state index is 12.8. The van der Waals surface area contributed by atoms with Gasteiger partial charge in [0.05, 0.1) is 0 Å². The Bertz CT molecular complexity index is 793. The average Bonchev–Trinajstić information content (AvgIpc) is 2.69. The highest BCUT2D eigenvalue weighted by Crippen LogP contribution is 2.39. The highest BCUT2D eigenvalue weighted by molar-refractivity contribution is 5.78. The molecule has 0 bridgehead atoms. The summed E-state index contributed by atoms with van der Waals surface area (Å²) in [5.74, 6) is 0.666. The lowest BCUT2D eigenvalue weighted by Crippen LogP contribution is -2.63. The quantitative estimate of drug-likeness (QED) is 0.517. The molecule has 0 aromatic heterocycles. The van der Waals surface area contributed by atoms with Gasteiger partial charge in [-0.2, -0.15) is 5.06 Å². The summed E-state index contributed by atoms with van der Waals surface area (Å²) in [6.07, 6.45) is 3.41. The molecule has 5 heteroatoms. The second-order valence-corrected chi connectivity index (χ2v) is 12.1. The fraction of sp³-hybridized carbons (Fsp3) is 0.741.